The first kappa shape index (κ1) is 30.1. The number of aryl methyl sites for hydroxylation is 6. The number of benzene rings is 4. The Hall–Kier alpha value is -4.56. The van der Waals surface area contributed by atoms with Crippen LogP contribution in [0, 0.1) is 0 Å². The van der Waals surface area contributed by atoms with E-state index >= 15 is 0 Å². The second-order valence-corrected chi connectivity index (χ2v) is 12.9. The molecule has 0 fully saturated rings. The molecule has 2 nitrogen and oxygen atoms in total. The van der Waals surface area contributed by atoms with Gasteiger partial charge in [0.25, 0.3) is 0 Å². The van der Waals surface area contributed by atoms with Gasteiger partial charge >= 0.3 is 0 Å². The molecule has 7 aliphatic rings. The molecule has 4 aromatic carbocycles. The Morgan fingerprint density at radius 2 is 0.717 bits per heavy atom. The highest BCUT2D eigenvalue weighted by atomic mass is 16.3. The predicted molar refractivity (Wildman–Crippen MR) is 191 cm³/mol. The average molecular weight is 605 g/mol. The Morgan fingerprint density at radius 3 is 1.02 bits per heavy atom. The van der Waals surface area contributed by atoms with Gasteiger partial charge < -0.3 is 8.83 Å². The molecule has 12 bridgehead atoms. The highest BCUT2D eigenvalue weighted by Gasteiger charge is 2.17. The van der Waals surface area contributed by atoms with Gasteiger partial charge in [-0.05, 0) is 96.9 Å². The Kier molecular flexibility index (Phi) is 9.05. The molecule has 0 spiro atoms. The van der Waals surface area contributed by atoms with E-state index in [9.17, 15) is 0 Å². The third kappa shape index (κ3) is 6.67. The molecule has 13 rings (SSSR count). The van der Waals surface area contributed by atoms with E-state index in [4.69, 9.17) is 8.83 Å². The lowest BCUT2D eigenvalue weighted by atomic mass is 9.98. The minimum Gasteiger partial charge on any atom is -0.456 e. The fraction of sp³-hybridized carbons (Fsp3) is 0.273. The molecule has 2 aromatic heterocycles. The average Bonchev–Trinajstić information content (AvgIpc) is 3.73. The van der Waals surface area contributed by atoms with E-state index < -0.39 is 0 Å². The number of hydrogen-bond donors (Lipinski definition) is 0. The summed E-state index contributed by atoms with van der Waals surface area (Å²) in [6.45, 7) is 4.50. The first-order valence-corrected chi connectivity index (χ1v) is 17.3. The second-order valence-electron chi connectivity index (χ2n) is 12.9. The lowest BCUT2D eigenvalue weighted by Gasteiger charge is -2.07. The zero-order valence-corrected chi connectivity index (χ0v) is 27.3. The van der Waals surface area contributed by atoms with Crippen molar-refractivity contribution in [2.24, 2.45) is 0 Å². The Morgan fingerprint density at radius 1 is 0.413 bits per heavy atom. The van der Waals surface area contributed by atoms with Crippen molar-refractivity contribution in [2.45, 2.75) is 78.1 Å². The van der Waals surface area contributed by atoms with Crippen molar-refractivity contribution in [3.8, 4) is 45.3 Å². The number of furan rings is 2. The summed E-state index contributed by atoms with van der Waals surface area (Å²) in [5.74, 6) is 3.94. The van der Waals surface area contributed by atoms with Gasteiger partial charge in [0.2, 0.25) is 0 Å². The monoisotopic (exact) mass is 604 g/mol. The molecule has 2 heteroatoms. The summed E-state index contributed by atoms with van der Waals surface area (Å²) in [5, 5.41) is 0. The van der Waals surface area contributed by atoms with E-state index in [1.165, 1.54) is 46.2 Å². The van der Waals surface area contributed by atoms with Gasteiger partial charge in [-0.3, -0.25) is 0 Å². The van der Waals surface area contributed by atoms with Crippen LogP contribution in [0.3, 0.4) is 0 Å². The van der Waals surface area contributed by atoms with Gasteiger partial charge in [-0.25, -0.2) is 0 Å². The van der Waals surface area contributed by atoms with E-state index in [-0.39, 0.29) is 0 Å². The number of hydrogen-bond acceptors (Lipinski definition) is 2. The lowest BCUT2D eigenvalue weighted by molar-refractivity contribution is 0.592. The van der Waals surface area contributed by atoms with Gasteiger partial charge in [-0.1, -0.05) is 124 Å². The fourth-order valence-corrected chi connectivity index (χ4v) is 6.63. The SMILES string of the molecule is CCCCc1cc2oc1-c1ccc(cc1)CCc1ccc(cc1)-c1oc(cc1CCCC)-c1ccc(cc1)CCc1ccc-2cc1. The molecular weight excluding hydrogens is 560 g/mol. The minimum absolute atomic E-state index is 0.955. The van der Waals surface area contributed by atoms with Crippen molar-refractivity contribution >= 4 is 0 Å². The van der Waals surface area contributed by atoms with Crippen molar-refractivity contribution in [1.29, 1.82) is 0 Å². The molecule has 0 radical (unpaired) electrons. The third-order valence-electron chi connectivity index (χ3n) is 9.53. The van der Waals surface area contributed by atoms with Gasteiger partial charge in [0, 0.05) is 22.3 Å². The van der Waals surface area contributed by atoms with Crippen LogP contribution < -0.4 is 0 Å². The molecule has 46 heavy (non-hydrogen) atoms. The van der Waals surface area contributed by atoms with E-state index in [1.54, 1.807) is 0 Å². The maximum atomic E-state index is 6.59. The van der Waals surface area contributed by atoms with Gasteiger partial charge in [0.1, 0.15) is 23.0 Å². The zero-order chi connectivity index (χ0) is 31.3. The van der Waals surface area contributed by atoms with Crippen LogP contribution in [0.1, 0.15) is 72.9 Å². The summed E-state index contributed by atoms with van der Waals surface area (Å²) in [7, 11) is 0. The summed E-state index contributed by atoms with van der Waals surface area (Å²) in [4.78, 5) is 0. The highest BCUT2D eigenvalue weighted by molar-refractivity contribution is 5.70. The van der Waals surface area contributed by atoms with Gasteiger partial charge in [-0.2, -0.15) is 0 Å². The summed E-state index contributed by atoms with van der Waals surface area (Å²) < 4.78 is 13.2. The molecule has 0 aliphatic carbocycles. The molecule has 0 unspecified atom stereocenters. The molecule has 0 N–H and O–H groups in total. The summed E-state index contributed by atoms with van der Waals surface area (Å²) >= 11 is 0. The van der Waals surface area contributed by atoms with Crippen LogP contribution in [0.25, 0.3) is 45.3 Å². The molecule has 0 saturated carbocycles. The van der Waals surface area contributed by atoms with Crippen molar-refractivity contribution in [3.63, 3.8) is 0 Å². The Bertz CT molecular complexity index is 1720. The maximum Gasteiger partial charge on any atom is 0.137 e. The summed E-state index contributed by atoms with van der Waals surface area (Å²) in [5.41, 5.74) is 12.6. The van der Waals surface area contributed by atoms with E-state index in [0.29, 0.717) is 0 Å². The Labute approximate surface area is 274 Å². The first-order valence-electron chi connectivity index (χ1n) is 17.3. The lowest BCUT2D eigenvalue weighted by Crippen LogP contribution is -1.92. The summed E-state index contributed by atoms with van der Waals surface area (Å²) in [6, 6.07) is 40.4. The van der Waals surface area contributed by atoms with E-state index in [1.807, 2.05) is 0 Å². The molecule has 0 saturated heterocycles. The van der Waals surface area contributed by atoms with Crippen molar-refractivity contribution in [3.05, 3.63) is 143 Å². The van der Waals surface area contributed by atoms with Gasteiger partial charge in [0.15, 0.2) is 0 Å². The van der Waals surface area contributed by atoms with Crippen molar-refractivity contribution in [2.75, 3.05) is 0 Å². The fourth-order valence-electron chi connectivity index (χ4n) is 6.63. The Balaban J connectivity index is 1.24. The normalized spacial score (nSPS) is 12.7. The maximum absolute atomic E-state index is 6.59. The van der Waals surface area contributed by atoms with Crippen LogP contribution >= 0.6 is 0 Å². The standard InChI is InChI=1S/C44H44O2/c1-3-5-7-39-29-41-35-21-13-31(14-22-35)9-10-32-15-23-36(24-16-32)42-30-40(8-6-4-2)44(46-42)38-27-19-34(20-28-38)12-11-33-17-25-37(26-18-33)43(39)45-41/h13-30H,3-12H2,1-2H3. The van der Waals surface area contributed by atoms with Gasteiger partial charge in [-0.15, -0.1) is 0 Å². The van der Waals surface area contributed by atoms with Crippen LogP contribution in [0.2, 0.25) is 0 Å². The van der Waals surface area contributed by atoms with Crippen molar-refractivity contribution in [1.82, 2.24) is 0 Å². The smallest absolute Gasteiger partial charge is 0.137 e. The molecule has 7 aliphatic heterocycles. The highest BCUT2D eigenvalue weighted by Crippen LogP contribution is 2.36. The third-order valence-corrected chi connectivity index (χ3v) is 9.53. The minimum atomic E-state index is 0.955. The van der Waals surface area contributed by atoms with Crippen molar-refractivity contribution < 1.29 is 8.83 Å². The van der Waals surface area contributed by atoms with Crippen LogP contribution in [0.4, 0.5) is 0 Å². The van der Waals surface area contributed by atoms with Crippen LogP contribution in [-0.4, -0.2) is 0 Å². The van der Waals surface area contributed by atoms with E-state index in [0.717, 1.165) is 96.7 Å². The quantitative estimate of drug-likeness (QED) is 0.189. The molecule has 0 amide bonds. The second kappa shape index (κ2) is 13.8. The molecular formula is C44H44O2. The topological polar surface area (TPSA) is 26.3 Å². The number of rotatable bonds is 6. The van der Waals surface area contributed by atoms with Gasteiger partial charge in [0.05, 0.1) is 0 Å². The molecule has 9 heterocycles. The predicted octanol–water partition coefficient (Wildman–Crippen LogP) is 12.1. The molecule has 232 valence electrons. The van der Waals surface area contributed by atoms with E-state index in [2.05, 4.69) is 123 Å². The summed E-state index contributed by atoms with van der Waals surface area (Å²) in [6.07, 6.45) is 10.7. The van der Waals surface area contributed by atoms with Crippen LogP contribution in [-0.2, 0) is 38.5 Å². The van der Waals surface area contributed by atoms with Crippen LogP contribution in [0.15, 0.2) is 118 Å². The number of unbranched alkanes of at least 4 members (excludes halogenated alkanes) is 2. The molecule has 0 atom stereocenters. The molecule has 6 aromatic rings. The largest absolute Gasteiger partial charge is 0.456 e. The first-order chi connectivity index (χ1) is 22.7. The zero-order valence-electron chi connectivity index (χ0n) is 27.3. The van der Waals surface area contributed by atoms with Crippen LogP contribution in [0.5, 0.6) is 0 Å².